The van der Waals surface area contributed by atoms with Crippen LogP contribution < -0.4 is 5.43 Å². The standard InChI is InChI=1S/C25H24ClN5OS/c1-16-12-17(2)29-25(28-16)33-15-24(32)30-27-13-21-18(3)31(23-11-7-5-9-20(21)23)14-19-8-4-6-10-22(19)26/h4-13H,14-15H2,1-3H3,(H,30,32)/b27-13+. The molecule has 33 heavy (non-hydrogen) atoms. The fraction of sp³-hybridized carbons (Fsp3) is 0.200. The van der Waals surface area contributed by atoms with Crippen LogP contribution in [-0.2, 0) is 11.3 Å². The molecule has 4 aromatic rings. The molecule has 0 fully saturated rings. The third-order valence-electron chi connectivity index (χ3n) is 5.24. The summed E-state index contributed by atoms with van der Waals surface area (Å²) in [6.07, 6.45) is 1.71. The number of amides is 1. The molecule has 2 heterocycles. The zero-order valence-electron chi connectivity index (χ0n) is 18.7. The molecular formula is C25H24ClN5OS. The van der Waals surface area contributed by atoms with E-state index in [1.807, 2.05) is 63.2 Å². The van der Waals surface area contributed by atoms with E-state index in [1.165, 1.54) is 11.8 Å². The van der Waals surface area contributed by atoms with Crippen LogP contribution in [0.1, 0.15) is 28.2 Å². The highest BCUT2D eigenvalue weighted by atomic mass is 35.5. The van der Waals surface area contributed by atoms with Gasteiger partial charge in [-0.1, -0.05) is 59.8 Å². The van der Waals surface area contributed by atoms with E-state index in [1.54, 1.807) is 6.21 Å². The molecule has 4 rings (SSSR count). The Morgan fingerprint density at radius 1 is 1.09 bits per heavy atom. The quantitative estimate of drug-likeness (QED) is 0.170. The summed E-state index contributed by atoms with van der Waals surface area (Å²) in [5.74, 6) is -0.0236. The lowest BCUT2D eigenvalue weighted by Crippen LogP contribution is -2.20. The molecule has 0 unspecified atom stereocenters. The number of nitrogens with one attached hydrogen (secondary N) is 1. The van der Waals surface area contributed by atoms with E-state index >= 15 is 0 Å². The van der Waals surface area contributed by atoms with Gasteiger partial charge in [0.05, 0.1) is 12.0 Å². The van der Waals surface area contributed by atoms with Gasteiger partial charge in [0.2, 0.25) is 0 Å². The maximum Gasteiger partial charge on any atom is 0.250 e. The van der Waals surface area contributed by atoms with Crippen LogP contribution in [0.4, 0.5) is 0 Å². The van der Waals surface area contributed by atoms with Gasteiger partial charge in [-0.2, -0.15) is 5.10 Å². The second-order valence-corrected chi connectivity index (χ2v) is 9.06. The van der Waals surface area contributed by atoms with E-state index in [0.29, 0.717) is 11.7 Å². The summed E-state index contributed by atoms with van der Waals surface area (Å²) in [7, 11) is 0. The molecule has 0 aliphatic carbocycles. The van der Waals surface area contributed by atoms with Crippen molar-refractivity contribution in [1.29, 1.82) is 0 Å². The average Bonchev–Trinajstić information content (AvgIpc) is 3.04. The SMILES string of the molecule is Cc1cc(C)nc(SCC(=O)N/N=C/c2c(C)n(Cc3ccccc3Cl)c3ccccc23)n1. The minimum Gasteiger partial charge on any atom is -0.340 e. The number of halogens is 1. The van der Waals surface area contributed by atoms with Gasteiger partial charge in [-0.05, 0) is 44.5 Å². The van der Waals surface area contributed by atoms with Crippen molar-refractivity contribution in [3.05, 3.63) is 87.8 Å². The minimum atomic E-state index is -0.212. The van der Waals surface area contributed by atoms with Gasteiger partial charge in [0.25, 0.3) is 5.91 Å². The number of hydrazone groups is 1. The van der Waals surface area contributed by atoms with Gasteiger partial charge in [-0.3, -0.25) is 4.79 Å². The van der Waals surface area contributed by atoms with Gasteiger partial charge >= 0.3 is 0 Å². The molecule has 8 heteroatoms. The van der Waals surface area contributed by atoms with Gasteiger partial charge in [-0.15, -0.1) is 0 Å². The van der Waals surface area contributed by atoms with E-state index in [4.69, 9.17) is 11.6 Å². The van der Waals surface area contributed by atoms with Crippen LogP contribution in [0.2, 0.25) is 5.02 Å². The molecule has 0 radical (unpaired) electrons. The number of para-hydroxylation sites is 1. The van der Waals surface area contributed by atoms with Gasteiger partial charge < -0.3 is 4.57 Å². The Kier molecular flexibility index (Phi) is 7.11. The largest absolute Gasteiger partial charge is 0.340 e. The molecular weight excluding hydrogens is 454 g/mol. The zero-order valence-corrected chi connectivity index (χ0v) is 20.2. The topological polar surface area (TPSA) is 72.2 Å². The van der Waals surface area contributed by atoms with Crippen LogP contribution in [0.5, 0.6) is 0 Å². The highest BCUT2D eigenvalue weighted by Crippen LogP contribution is 2.27. The van der Waals surface area contributed by atoms with Crippen molar-refractivity contribution in [2.45, 2.75) is 32.5 Å². The fourth-order valence-electron chi connectivity index (χ4n) is 3.71. The molecule has 2 aromatic carbocycles. The first-order chi connectivity index (χ1) is 15.9. The normalized spacial score (nSPS) is 11.4. The Balaban J connectivity index is 1.49. The zero-order chi connectivity index (χ0) is 23.4. The van der Waals surface area contributed by atoms with E-state index in [2.05, 4.69) is 37.2 Å². The molecule has 168 valence electrons. The molecule has 0 atom stereocenters. The van der Waals surface area contributed by atoms with Crippen LogP contribution in [0.3, 0.4) is 0 Å². The summed E-state index contributed by atoms with van der Waals surface area (Å²) >= 11 is 7.69. The Morgan fingerprint density at radius 2 is 1.79 bits per heavy atom. The second-order valence-electron chi connectivity index (χ2n) is 7.71. The molecule has 6 nitrogen and oxygen atoms in total. The average molecular weight is 478 g/mol. The van der Waals surface area contributed by atoms with E-state index in [-0.39, 0.29) is 11.7 Å². The number of aryl methyl sites for hydroxylation is 2. The summed E-state index contributed by atoms with van der Waals surface area (Å²) in [4.78, 5) is 21.0. The summed E-state index contributed by atoms with van der Waals surface area (Å²) in [5.41, 5.74) is 8.52. The number of benzene rings is 2. The maximum absolute atomic E-state index is 12.3. The van der Waals surface area contributed by atoms with Crippen molar-refractivity contribution in [2.24, 2.45) is 5.10 Å². The number of thioether (sulfide) groups is 1. The highest BCUT2D eigenvalue weighted by molar-refractivity contribution is 7.99. The lowest BCUT2D eigenvalue weighted by atomic mass is 10.1. The maximum atomic E-state index is 12.3. The summed E-state index contributed by atoms with van der Waals surface area (Å²) in [6.45, 7) is 6.52. The lowest BCUT2D eigenvalue weighted by Gasteiger charge is -2.10. The molecule has 0 bridgehead atoms. The first-order valence-electron chi connectivity index (χ1n) is 10.5. The lowest BCUT2D eigenvalue weighted by molar-refractivity contribution is -0.118. The summed E-state index contributed by atoms with van der Waals surface area (Å²) in [5, 5.41) is 6.61. The minimum absolute atomic E-state index is 0.188. The van der Waals surface area contributed by atoms with Crippen molar-refractivity contribution in [3.8, 4) is 0 Å². The van der Waals surface area contributed by atoms with Crippen LogP contribution in [-0.4, -0.2) is 32.4 Å². The van der Waals surface area contributed by atoms with Crippen molar-refractivity contribution in [3.63, 3.8) is 0 Å². The third kappa shape index (κ3) is 5.43. The predicted octanol–water partition coefficient (Wildman–Crippen LogP) is 5.30. The number of hydrogen-bond donors (Lipinski definition) is 1. The number of hydrogen-bond acceptors (Lipinski definition) is 5. The second kappa shape index (κ2) is 10.2. The first-order valence-corrected chi connectivity index (χ1v) is 11.9. The first kappa shape index (κ1) is 23.0. The van der Waals surface area contributed by atoms with Crippen LogP contribution in [0.25, 0.3) is 10.9 Å². The van der Waals surface area contributed by atoms with E-state index in [0.717, 1.165) is 44.1 Å². The molecule has 1 N–H and O–H groups in total. The molecule has 0 aliphatic rings. The van der Waals surface area contributed by atoms with Crippen molar-refractivity contribution in [1.82, 2.24) is 20.0 Å². The van der Waals surface area contributed by atoms with Crippen LogP contribution in [0, 0.1) is 20.8 Å². The predicted molar refractivity (Wildman–Crippen MR) is 135 cm³/mol. The van der Waals surface area contributed by atoms with Crippen molar-refractivity contribution < 1.29 is 4.79 Å². The van der Waals surface area contributed by atoms with Gasteiger partial charge in [0.15, 0.2) is 5.16 Å². The summed E-state index contributed by atoms with van der Waals surface area (Å²) in [6, 6.07) is 17.9. The monoisotopic (exact) mass is 477 g/mol. The van der Waals surface area contributed by atoms with Gasteiger partial charge in [0, 0.05) is 45.1 Å². The number of nitrogens with zero attached hydrogens (tertiary/aromatic N) is 4. The van der Waals surface area contributed by atoms with Crippen molar-refractivity contribution >= 4 is 46.4 Å². The van der Waals surface area contributed by atoms with E-state index in [9.17, 15) is 4.79 Å². The number of fused-ring (bicyclic) bond motifs is 1. The molecule has 0 saturated carbocycles. The van der Waals surface area contributed by atoms with Crippen LogP contribution >= 0.6 is 23.4 Å². The molecule has 0 spiro atoms. The number of rotatable bonds is 7. The molecule has 0 saturated heterocycles. The van der Waals surface area contributed by atoms with E-state index < -0.39 is 0 Å². The molecule has 1 amide bonds. The fourth-order valence-corrected chi connectivity index (χ4v) is 4.65. The Labute approximate surface area is 202 Å². The Hall–Kier alpha value is -3.16. The molecule has 0 aliphatic heterocycles. The highest BCUT2D eigenvalue weighted by Gasteiger charge is 2.14. The van der Waals surface area contributed by atoms with Gasteiger partial charge in [-0.25, -0.2) is 15.4 Å². The number of carbonyl (C=O) groups excluding carboxylic acids is 1. The Morgan fingerprint density at radius 3 is 2.55 bits per heavy atom. The number of carbonyl (C=O) groups is 1. The third-order valence-corrected chi connectivity index (χ3v) is 6.46. The summed E-state index contributed by atoms with van der Waals surface area (Å²) < 4.78 is 2.22. The van der Waals surface area contributed by atoms with Crippen molar-refractivity contribution in [2.75, 3.05) is 5.75 Å². The van der Waals surface area contributed by atoms with Crippen LogP contribution in [0.15, 0.2) is 64.9 Å². The van der Waals surface area contributed by atoms with Gasteiger partial charge in [0.1, 0.15) is 0 Å². The Bertz CT molecular complexity index is 1330. The molecule has 2 aromatic heterocycles. The number of aromatic nitrogens is 3. The smallest absolute Gasteiger partial charge is 0.250 e.